The van der Waals surface area contributed by atoms with E-state index in [0.717, 1.165) is 33.1 Å². The first-order valence-corrected chi connectivity index (χ1v) is 6.95. The van der Waals surface area contributed by atoms with Crippen LogP contribution in [-0.4, -0.2) is 22.7 Å². The molecule has 21 heavy (non-hydrogen) atoms. The largest absolute Gasteiger partial charge is 0.318 e. The number of hydrogen-bond acceptors (Lipinski definition) is 3. The summed E-state index contributed by atoms with van der Waals surface area (Å²) in [5.41, 5.74) is 3.41. The van der Waals surface area contributed by atoms with Crippen molar-refractivity contribution in [1.82, 2.24) is 9.78 Å². The SMILES string of the molecule is Cn1nc(NC2=N[NH+](C)c3ccccc32)c2ccccc21. The van der Waals surface area contributed by atoms with Gasteiger partial charge in [0.2, 0.25) is 5.84 Å². The summed E-state index contributed by atoms with van der Waals surface area (Å²) in [6.07, 6.45) is 0. The Morgan fingerprint density at radius 2 is 1.81 bits per heavy atom. The van der Waals surface area contributed by atoms with E-state index in [-0.39, 0.29) is 0 Å². The van der Waals surface area contributed by atoms with Crippen LogP contribution in [0.4, 0.5) is 11.5 Å². The van der Waals surface area contributed by atoms with Gasteiger partial charge in [0.15, 0.2) is 11.5 Å². The van der Waals surface area contributed by atoms with E-state index in [0.29, 0.717) is 0 Å². The van der Waals surface area contributed by atoms with Crippen molar-refractivity contribution in [2.24, 2.45) is 12.1 Å². The van der Waals surface area contributed by atoms with Crippen molar-refractivity contribution in [3.8, 4) is 0 Å². The topological polar surface area (TPSA) is 46.6 Å². The van der Waals surface area contributed by atoms with E-state index in [1.165, 1.54) is 5.69 Å². The fourth-order valence-electron chi connectivity index (χ4n) is 2.81. The van der Waals surface area contributed by atoms with Crippen molar-refractivity contribution >= 4 is 28.2 Å². The third-order valence-corrected chi connectivity index (χ3v) is 3.85. The molecule has 2 heterocycles. The molecule has 1 unspecified atom stereocenters. The lowest BCUT2D eigenvalue weighted by molar-refractivity contribution is -0.814. The number of benzene rings is 2. The van der Waals surface area contributed by atoms with Gasteiger partial charge in [-0.05, 0) is 18.2 Å². The summed E-state index contributed by atoms with van der Waals surface area (Å²) in [7, 11) is 3.99. The van der Waals surface area contributed by atoms with E-state index >= 15 is 0 Å². The predicted octanol–water partition coefficient (Wildman–Crippen LogP) is 1.51. The van der Waals surface area contributed by atoms with E-state index in [2.05, 4.69) is 39.8 Å². The number of aryl methyl sites for hydroxylation is 1. The van der Waals surface area contributed by atoms with E-state index in [4.69, 9.17) is 0 Å². The van der Waals surface area contributed by atoms with E-state index in [9.17, 15) is 0 Å². The van der Waals surface area contributed by atoms with Crippen LogP contribution in [0.25, 0.3) is 10.9 Å². The summed E-state index contributed by atoms with van der Waals surface area (Å²) >= 11 is 0. The van der Waals surface area contributed by atoms with Crippen molar-refractivity contribution in [3.05, 3.63) is 54.1 Å². The highest BCUT2D eigenvalue weighted by molar-refractivity contribution is 6.13. The first-order valence-electron chi connectivity index (χ1n) is 6.95. The maximum Gasteiger partial charge on any atom is 0.201 e. The minimum Gasteiger partial charge on any atom is -0.318 e. The number of nitrogens with zero attached hydrogens (tertiary/aromatic N) is 3. The van der Waals surface area contributed by atoms with E-state index < -0.39 is 0 Å². The van der Waals surface area contributed by atoms with Gasteiger partial charge >= 0.3 is 0 Å². The fraction of sp³-hybridized carbons (Fsp3) is 0.125. The molecular formula is C16H16N5+. The van der Waals surface area contributed by atoms with Crippen LogP contribution < -0.4 is 10.3 Å². The molecule has 3 aromatic rings. The number of aromatic nitrogens is 2. The molecule has 104 valence electrons. The van der Waals surface area contributed by atoms with Crippen LogP contribution in [0.5, 0.6) is 0 Å². The van der Waals surface area contributed by atoms with Crippen molar-refractivity contribution in [2.45, 2.75) is 0 Å². The van der Waals surface area contributed by atoms with Crippen molar-refractivity contribution in [3.63, 3.8) is 0 Å². The Kier molecular flexibility index (Phi) is 2.55. The second-order valence-corrected chi connectivity index (χ2v) is 5.21. The lowest BCUT2D eigenvalue weighted by Crippen LogP contribution is -2.97. The summed E-state index contributed by atoms with van der Waals surface area (Å²) in [4.78, 5) is 0. The van der Waals surface area contributed by atoms with Gasteiger partial charge in [0.05, 0.1) is 18.1 Å². The Morgan fingerprint density at radius 1 is 1.05 bits per heavy atom. The van der Waals surface area contributed by atoms with Crippen LogP contribution in [0.2, 0.25) is 0 Å². The van der Waals surface area contributed by atoms with Gasteiger partial charge in [0, 0.05) is 18.5 Å². The standard InChI is InChI=1S/C16H15N5/c1-20-13-9-5-3-7-11(13)15(18-20)17-16-12-8-4-6-10-14(12)21(2)19-16/h3-10H,1-2H3,(H,17,18,19)/p+1. The molecule has 0 aliphatic carbocycles. The smallest absolute Gasteiger partial charge is 0.201 e. The summed E-state index contributed by atoms with van der Waals surface area (Å²) in [6, 6.07) is 16.4. The van der Waals surface area contributed by atoms with Gasteiger partial charge in [0.1, 0.15) is 0 Å². The fourth-order valence-corrected chi connectivity index (χ4v) is 2.81. The van der Waals surface area contributed by atoms with Crippen molar-refractivity contribution in [2.75, 3.05) is 12.4 Å². The van der Waals surface area contributed by atoms with Gasteiger partial charge < -0.3 is 5.32 Å². The summed E-state index contributed by atoms with van der Waals surface area (Å²) < 4.78 is 1.88. The van der Waals surface area contributed by atoms with Gasteiger partial charge in [-0.2, -0.15) is 10.1 Å². The molecule has 0 saturated carbocycles. The number of amidine groups is 1. The zero-order chi connectivity index (χ0) is 14.4. The lowest BCUT2D eigenvalue weighted by atomic mass is 10.1. The Morgan fingerprint density at radius 3 is 2.71 bits per heavy atom. The molecular weight excluding hydrogens is 262 g/mol. The summed E-state index contributed by atoms with van der Waals surface area (Å²) in [6.45, 7) is 0. The van der Waals surface area contributed by atoms with Gasteiger partial charge in [-0.3, -0.25) is 4.68 Å². The lowest BCUT2D eigenvalue weighted by Gasteiger charge is -2.01. The minimum absolute atomic E-state index is 0.844. The van der Waals surface area contributed by atoms with Crippen molar-refractivity contribution < 1.29 is 5.01 Å². The third kappa shape index (κ3) is 1.82. The van der Waals surface area contributed by atoms with Crippen molar-refractivity contribution in [1.29, 1.82) is 0 Å². The Hall–Kier alpha value is -2.66. The monoisotopic (exact) mass is 278 g/mol. The number of fused-ring (bicyclic) bond motifs is 2. The molecule has 5 nitrogen and oxygen atoms in total. The molecule has 5 heteroatoms. The number of hydrogen-bond donors (Lipinski definition) is 2. The van der Waals surface area contributed by atoms with Gasteiger partial charge in [0.25, 0.3) is 0 Å². The second-order valence-electron chi connectivity index (χ2n) is 5.21. The molecule has 0 bridgehead atoms. The Bertz CT molecular complexity index is 862. The maximum atomic E-state index is 4.64. The first kappa shape index (κ1) is 12.1. The predicted molar refractivity (Wildman–Crippen MR) is 83.9 cm³/mol. The molecule has 1 atom stereocenters. The van der Waals surface area contributed by atoms with Crippen LogP contribution in [0.3, 0.4) is 0 Å². The molecule has 1 aliphatic heterocycles. The van der Waals surface area contributed by atoms with Gasteiger partial charge in [-0.1, -0.05) is 29.4 Å². The molecule has 0 amide bonds. The number of nitrogens with one attached hydrogen (secondary N) is 2. The highest BCUT2D eigenvalue weighted by Gasteiger charge is 2.26. The van der Waals surface area contributed by atoms with E-state index in [1.807, 2.05) is 43.0 Å². The average molecular weight is 278 g/mol. The number of anilines is 1. The first-order chi connectivity index (χ1) is 10.2. The van der Waals surface area contributed by atoms with Crippen LogP contribution in [0.15, 0.2) is 53.6 Å². The van der Waals surface area contributed by atoms with Gasteiger partial charge in [-0.15, -0.1) is 0 Å². The zero-order valence-electron chi connectivity index (χ0n) is 12.0. The maximum absolute atomic E-state index is 4.64. The molecule has 2 N–H and O–H groups in total. The minimum atomic E-state index is 0.844. The summed E-state index contributed by atoms with van der Waals surface area (Å²) in [5.74, 6) is 1.71. The number of quaternary nitrogens is 1. The Labute approximate surface area is 122 Å². The van der Waals surface area contributed by atoms with Crippen LogP contribution in [-0.2, 0) is 7.05 Å². The number of para-hydroxylation sites is 2. The molecule has 4 rings (SSSR count). The van der Waals surface area contributed by atoms with Crippen LogP contribution in [0, 0.1) is 0 Å². The molecule has 1 aliphatic rings. The average Bonchev–Trinajstić information content (AvgIpc) is 3.00. The normalized spacial score (nSPS) is 16.9. The Balaban J connectivity index is 1.78. The highest BCUT2D eigenvalue weighted by atomic mass is 15.5. The molecule has 0 radical (unpaired) electrons. The zero-order valence-corrected chi connectivity index (χ0v) is 12.0. The van der Waals surface area contributed by atoms with Crippen LogP contribution >= 0.6 is 0 Å². The molecule has 2 aromatic carbocycles. The number of rotatable bonds is 1. The summed E-state index contributed by atoms with van der Waals surface area (Å²) in [5, 5.41) is 14.7. The highest BCUT2D eigenvalue weighted by Crippen LogP contribution is 2.24. The second kappa shape index (κ2) is 4.43. The molecule has 1 aromatic heterocycles. The molecule has 0 fully saturated rings. The van der Waals surface area contributed by atoms with Gasteiger partial charge in [-0.25, -0.2) is 0 Å². The van der Waals surface area contributed by atoms with E-state index in [1.54, 1.807) is 0 Å². The molecule has 0 spiro atoms. The third-order valence-electron chi connectivity index (χ3n) is 3.85. The van der Waals surface area contributed by atoms with Crippen LogP contribution in [0.1, 0.15) is 5.56 Å². The quantitative estimate of drug-likeness (QED) is 0.709. The molecule has 0 saturated heterocycles.